The average Bonchev–Trinajstić information content (AvgIpc) is 2.35. The lowest BCUT2D eigenvalue weighted by Gasteiger charge is -2.22. The maximum Gasteiger partial charge on any atom is 0.0626 e. The van der Waals surface area contributed by atoms with E-state index < -0.39 is 0 Å². The van der Waals surface area contributed by atoms with E-state index in [1.807, 2.05) is 0 Å². The first-order valence-corrected chi connectivity index (χ1v) is 6.69. The van der Waals surface area contributed by atoms with E-state index in [-0.39, 0.29) is 12.6 Å². The largest absolute Gasteiger partial charge is 0.394 e. The van der Waals surface area contributed by atoms with E-state index in [2.05, 4.69) is 37.4 Å². The van der Waals surface area contributed by atoms with Gasteiger partial charge in [-0.15, -0.1) is 0 Å². The molecule has 1 aliphatic rings. The van der Waals surface area contributed by atoms with E-state index in [4.69, 9.17) is 0 Å². The smallest absolute Gasteiger partial charge is 0.0626 e. The number of fused-ring (bicyclic) bond motifs is 1. The van der Waals surface area contributed by atoms with Gasteiger partial charge in [-0.2, -0.15) is 0 Å². The molecular formula is C15H23NO. The Morgan fingerprint density at radius 1 is 1.18 bits per heavy atom. The van der Waals surface area contributed by atoms with Crippen LogP contribution in [0.25, 0.3) is 0 Å². The van der Waals surface area contributed by atoms with Crippen molar-refractivity contribution in [1.29, 1.82) is 0 Å². The van der Waals surface area contributed by atoms with Crippen molar-refractivity contribution in [2.75, 3.05) is 6.61 Å². The average molecular weight is 233 g/mol. The summed E-state index contributed by atoms with van der Waals surface area (Å²) in [6.07, 6.45) is 5.04. The minimum Gasteiger partial charge on any atom is -0.394 e. The second-order valence-corrected chi connectivity index (χ2v) is 5.29. The van der Waals surface area contributed by atoms with Crippen molar-refractivity contribution < 1.29 is 5.11 Å². The molecule has 0 spiro atoms. The molecule has 0 aromatic heterocycles. The molecule has 0 fully saturated rings. The summed E-state index contributed by atoms with van der Waals surface area (Å²) in [7, 11) is 0. The predicted molar refractivity (Wildman–Crippen MR) is 71.2 cm³/mol. The van der Waals surface area contributed by atoms with Gasteiger partial charge in [0.15, 0.2) is 0 Å². The Labute approximate surface area is 104 Å². The Kier molecular flexibility index (Phi) is 4.19. The Morgan fingerprint density at radius 2 is 1.88 bits per heavy atom. The van der Waals surface area contributed by atoms with Gasteiger partial charge in [0.1, 0.15) is 0 Å². The third-order valence-electron chi connectivity index (χ3n) is 3.49. The van der Waals surface area contributed by atoms with E-state index >= 15 is 0 Å². The summed E-state index contributed by atoms with van der Waals surface area (Å²) in [6.45, 7) is 4.39. The second-order valence-electron chi connectivity index (χ2n) is 5.29. The van der Waals surface area contributed by atoms with Crippen molar-refractivity contribution in [2.24, 2.45) is 0 Å². The van der Waals surface area contributed by atoms with Crippen LogP contribution in [-0.4, -0.2) is 17.8 Å². The van der Waals surface area contributed by atoms with Crippen molar-refractivity contribution in [3.05, 3.63) is 34.9 Å². The molecule has 1 aromatic carbocycles. The van der Waals surface area contributed by atoms with Crippen molar-refractivity contribution >= 4 is 0 Å². The number of aliphatic hydroxyl groups excluding tert-OH is 1. The molecule has 0 heterocycles. The van der Waals surface area contributed by atoms with Crippen LogP contribution in [-0.2, 0) is 12.8 Å². The first kappa shape index (κ1) is 12.6. The van der Waals surface area contributed by atoms with Gasteiger partial charge in [-0.05, 0) is 42.4 Å². The summed E-state index contributed by atoms with van der Waals surface area (Å²) in [5.41, 5.74) is 4.21. The highest BCUT2D eigenvalue weighted by atomic mass is 16.3. The van der Waals surface area contributed by atoms with E-state index in [0.29, 0.717) is 6.04 Å². The SMILES string of the molecule is CC(C)NC(CO)c1ccc2c(c1)CCCC2. The lowest BCUT2D eigenvalue weighted by atomic mass is 9.89. The molecule has 1 aromatic rings. The third-order valence-corrected chi connectivity index (χ3v) is 3.49. The molecule has 0 saturated carbocycles. The standard InChI is InChI=1S/C15H23NO/c1-11(2)16-15(10-17)14-8-7-12-5-3-4-6-13(12)9-14/h7-9,11,15-17H,3-6,10H2,1-2H3. The lowest BCUT2D eigenvalue weighted by Crippen LogP contribution is -2.30. The summed E-state index contributed by atoms with van der Waals surface area (Å²) in [6, 6.07) is 7.16. The maximum absolute atomic E-state index is 9.47. The van der Waals surface area contributed by atoms with Crippen molar-refractivity contribution in [1.82, 2.24) is 5.32 Å². The van der Waals surface area contributed by atoms with Crippen LogP contribution < -0.4 is 5.32 Å². The maximum atomic E-state index is 9.47. The topological polar surface area (TPSA) is 32.3 Å². The molecule has 17 heavy (non-hydrogen) atoms. The first-order chi connectivity index (χ1) is 8.20. The van der Waals surface area contributed by atoms with Gasteiger partial charge in [-0.3, -0.25) is 0 Å². The molecule has 94 valence electrons. The number of hydrogen-bond acceptors (Lipinski definition) is 2. The molecular weight excluding hydrogens is 210 g/mol. The van der Waals surface area contributed by atoms with Gasteiger partial charge >= 0.3 is 0 Å². The van der Waals surface area contributed by atoms with Crippen LogP contribution in [0.15, 0.2) is 18.2 Å². The molecule has 0 saturated heterocycles. The van der Waals surface area contributed by atoms with Crippen LogP contribution in [0, 0.1) is 0 Å². The van der Waals surface area contributed by atoms with Gasteiger partial charge in [0.25, 0.3) is 0 Å². The first-order valence-electron chi connectivity index (χ1n) is 6.69. The molecule has 0 bridgehead atoms. The fourth-order valence-electron chi connectivity index (χ4n) is 2.63. The molecule has 0 aliphatic heterocycles. The number of rotatable bonds is 4. The number of hydrogen-bond donors (Lipinski definition) is 2. The molecule has 0 radical (unpaired) electrons. The van der Waals surface area contributed by atoms with E-state index in [9.17, 15) is 5.11 Å². The molecule has 2 heteroatoms. The van der Waals surface area contributed by atoms with Crippen LogP contribution in [0.2, 0.25) is 0 Å². The molecule has 0 amide bonds. The Hall–Kier alpha value is -0.860. The highest BCUT2D eigenvalue weighted by Crippen LogP contribution is 2.24. The minimum absolute atomic E-state index is 0.0715. The summed E-state index contributed by atoms with van der Waals surface area (Å²) >= 11 is 0. The zero-order chi connectivity index (χ0) is 12.3. The quantitative estimate of drug-likeness (QED) is 0.838. The zero-order valence-electron chi connectivity index (χ0n) is 10.9. The van der Waals surface area contributed by atoms with Crippen LogP contribution in [0.1, 0.15) is 49.4 Å². The number of nitrogens with one attached hydrogen (secondary N) is 1. The van der Waals surface area contributed by atoms with Crippen molar-refractivity contribution in [3.63, 3.8) is 0 Å². The summed E-state index contributed by atoms with van der Waals surface area (Å²) in [5.74, 6) is 0. The van der Waals surface area contributed by atoms with Crippen LogP contribution >= 0.6 is 0 Å². The van der Waals surface area contributed by atoms with E-state index in [1.165, 1.54) is 42.4 Å². The minimum atomic E-state index is 0.0715. The number of aryl methyl sites for hydroxylation is 2. The highest BCUT2D eigenvalue weighted by molar-refractivity contribution is 5.35. The van der Waals surface area contributed by atoms with Gasteiger partial charge in [0.2, 0.25) is 0 Å². The van der Waals surface area contributed by atoms with Gasteiger partial charge in [-0.25, -0.2) is 0 Å². The molecule has 2 rings (SSSR count). The van der Waals surface area contributed by atoms with Crippen LogP contribution in [0.4, 0.5) is 0 Å². The number of benzene rings is 1. The fraction of sp³-hybridized carbons (Fsp3) is 0.600. The molecule has 1 aliphatic carbocycles. The summed E-state index contributed by atoms with van der Waals surface area (Å²) in [4.78, 5) is 0. The molecule has 2 N–H and O–H groups in total. The fourth-order valence-corrected chi connectivity index (χ4v) is 2.63. The van der Waals surface area contributed by atoms with E-state index in [1.54, 1.807) is 0 Å². The predicted octanol–water partition coefficient (Wildman–Crippen LogP) is 2.60. The lowest BCUT2D eigenvalue weighted by molar-refractivity contribution is 0.237. The monoisotopic (exact) mass is 233 g/mol. The summed E-state index contributed by atoms with van der Waals surface area (Å²) in [5, 5.41) is 12.9. The van der Waals surface area contributed by atoms with Crippen molar-refractivity contribution in [2.45, 2.75) is 51.6 Å². The second kappa shape index (κ2) is 5.65. The van der Waals surface area contributed by atoms with Gasteiger partial charge in [0, 0.05) is 6.04 Å². The van der Waals surface area contributed by atoms with E-state index in [0.717, 1.165) is 0 Å². The number of aliphatic hydroxyl groups is 1. The third kappa shape index (κ3) is 3.08. The Morgan fingerprint density at radius 3 is 2.53 bits per heavy atom. The van der Waals surface area contributed by atoms with Gasteiger partial charge in [0.05, 0.1) is 12.6 Å². The Bertz CT molecular complexity index is 373. The zero-order valence-corrected chi connectivity index (χ0v) is 10.9. The van der Waals surface area contributed by atoms with Crippen LogP contribution in [0.3, 0.4) is 0 Å². The molecule has 1 unspecified atom stereocenters. The Balaban J connectivity index is 2.19. The van der Waals surface area contributed by atoms with Gasteiger partial charge < -0.3 is 10.4 Å². The normalized spacial score (nSPS) is 16.9. The van der Waals surface area contributed by atoms with Crippen LogP contribution in [0.5, 0.6) is 0 Å². The molecule has 2 nitrogen and oxygen atoms in total. The van der Waals surface area contributed by atoms with Crippen molar-refractivity contribution in [3.8, 4) is 0 Å². The van der Waals surface area contributed by atoms with Gasteiger partial charge in [-0.1, -0.05) is 32.0 Å². The molecule has 1 atom stereocenters. The highest BCUT2D eigenvalue weighted by Gasteiger charge is 2.15. The summed E-state index contributed by atoms with van der Waals surface area (Å²) < 4.78 is 0.